The summed E-state index contributed by atoms with van der Waals surface area (Å²) in [7, 11) is -7.44. The molecule has 128 valence electrons. The predicted octanol–water partition coefficient (Wildman–Crippen LogP) is 2.69. The summed E-state index contributed by atoms with van der Waals surface area (Å²) < 4.78 is 54.9. The van der Waals surface area contributed by atoms with Crippen LogP contribution in [-0.4, -0.2) is 22.9 Å². The van der Waals surface area contributed by atoms with E-state index >= 15 is 0 Å². The molecule has 9 heteroatoms. The van der Waals surface area contributed by atoms with Crippen molar-refractivity contribution in [3.8, 4) is 0 Å². The second kappa shape index (κ2) is 6.47. The lowest BCUT2D eigenvalue weighted by atomic mass is 10.3. The maximum absolute atomic E-state index is 12.4. The zero-order valence-corrected chi connectivity index (χ0v) is 15.7. The Kier molecular flexibility index (Phi) is 4.69. The standard InChI is InChI=1S/C15H15BrN2O4S2/c16-11-3-1-5-14(9-11)23(19,20)18-13-4-2-6-15(10-13)24(21,22)17-12-7-8-12/h1-6,9-10,12,17-18H,7-8H2. The Morgan fingerprint density at radius 2 is 1.50 bits per heavy atom. The first-order valence-electron chi connectivity index (χ1n) is 7.17. The molecule has 1 fully saturated rings. The third kappa shape index (κ3) is 4.15. The van der Waals surface area contributed by atoms with Crippen LogP contribution in [0.1, 0.15) is 12.8 Å². The molecule has 0 heterocycles. The van der Waals surface area contributed by atoms with E-state index in [0.29, 0.717) is 4.47 Å². The minimum Gasteiger partial charge on any atom is -0.280 e. The van der Waals surface area contributed by atoms with Gasteiger partial charge in [-0.3, -0.25) is 4.72 Å². The van der Waals surface area contributed by atoms with Gasteiger partial charge in [0.1, 0.15) is 0 Å². The number of sulfonamides is 2. The van der Waals surface area contributed by atoms with Crippen molar-refractivity contribution in [2.24, 2.45) is 0 Å². The van der Waals surface area contributed by atoms with Crippen LogP contribution in [-0.2, 0) is 20.0 Å². The molecular weight excluding hydrogens is 416 g/mol. The Morgan fingerprint density at radius 3 is 2.12 bits per heavy atom. The van der Waals surface area contributed by atoms with Crippen LogP contribution in [0, 0.1) is 0 Å². The van der Waals surface area contributed by atoms with E-state index in [0.717, 1.165) is 12.8 Å². The molecule has 0 aromatic heterocycles. The number of hydrogen-bond donors (Lipinski definition) is 2. The molecule has 2 aromatic rings. The molecule has 3 rings (SSSR count). The molecule has 0 radical (unpaired) electrons. The van der Waals surface area contributed by atoms with Crippen molar-refractivity contribution in [3.63, 3.8) is 0 Å². The van der Waals surface area contributed by atoms with Crippen molar-refractivity contribution in [2.75, 3.05) is 4.72 Å². The Morgan fingerprint density at radius 1 is 0.875 bits per heavy atom. The van der Waals surface area contributed by atoms with E-state index in [-0.39, 0.29) is 21.5 Å². The van der Waals surface area contributed by atoms with Crippen molar-refractivity contribution in [1.82, 2.24) is 4.72 Å². The molecule has 2 aromatic carbocycles. The fourth-order valence-electron chi connectivity index (χ4n) is 2.06. The third-order valence-corrected chi connectivity index (χ3v) is 6.79. The molecule has 0 spiro atoms. The van der Waals surface area contributed by atoms with E-state index < -0.39 is 20.0 Å². The Bertz CT molecular complexity index is 970. The highest BCUT2D eigenvalue weighted by atomic mass is 79.9. The van der Waals surface area contributed by atoms with E-state index in [1.165, 1.54) is 36.4 Å². The van der Waals surface area contributed by atoms with E-state index in [2.05, 4.69) is 25.4 Å². The SMILES string of the molecule is O=S(=O)(Nc1cccc(S(=O)(=O)NC2CC2)c1)c1cccc(Br)c1. The molecule has 6 nitrogen and oxygen atoms in total. The van der Waals surface area contributed by atoms with Gasteiger partial charge in [0.25, 0.3) is 10.0 Å². The minimum absolute atomic E-state index is 0.0167. The summed E-state index contributed by atoms with van der Waals surface area (Å²) in [4.78, 5) is 0.116. The van der Waals surface area contributed by atoms with Gasteiger partial charge in [-0.25, -0.2) is 21.6 Å². The highest BCUT2D eigenvalue weighted by molar-refractivity contribution is 9.10. The second-order valence-corrected chi connectivity index (χ2v) is 9.80. The fraction of sp³-hybridized carbons (Fsp3) is 0.200. The average Bonchev–Trinajstić information content (AvgIpc) is 3.30. The molecule has 1 saturated carbocycles. The first-order chi connectivity index (χ1) is 11.3. The first kappa shape index (κ1) is 17.4. The summed E-state index contributed by atoms with van der Waals surface area (Å²) in [5.41, 5.74) is 0.189. The smallest absolute Gasteiger partial charge is 0.261 e. The van der Waals surface area contributed by atoms with Gasteiger partial charge < -0.3 is 0 Å². The number of benzene rings is 2. The van der Waals surface area contributed by atoms with Crippen LogP contribution < -0.4 is 9.44 Å². The summed E-state index contributed by atoms with van der Waals surface area (Å²) in [6.07, 6.45) is 1.66. The Labute approximate surface area is 149 Å². The molecule has 0 amide bonds. The van der Waals surface area contributed by atoms with Crippen molar-refractivity contribution < 1.29 is 16.8 Å². The Hall–Kier alpha value is -1.42. The first-order valence-corrected chi connectivity index (χ1v) is 10.9. The highest BCUT2D eigenvalue weighted by Crippen LogP contribution is 2.24. The molecule has 0 bridgehead atoms. The molecule has 24 heavy (non-hydrogen) atoms. The predicted molar refractivity (Wildman–Crippen MR) is 94.7 cm³/mol. The molecule has 0 atom stereocenters. The molecule has 0 saturated heterocycles. The molecule has 2 N–H and O–H groups in total. The monoisotopic (exact) mass is 430 g/mol. The number of rotatable bonds is 6. The topological polar surface area (TPSA) is 92.3 Å². The van der Waals surface area contributed by atoms with Gasteiger partial charge in [0, 0.05) is 10.5 Å². The number of anilines is 1. The molecule has 1 aliphatic rings. The fourth-order valence-corrected chi connectivity index (χ4v) is 5.06. The van der Waals surface area contributed by atoms with E-state index in [1.807, 2.05) is 0 Å². The van der Waals surface area contributed by atoms with Crippen molar-refractivity contribution >= 4 is 41.7 Å². The molecular formula is C15H15BrN2O4S2. The molecule has 0 aliphatic heterocycles. The summed E-state index contributed by atoms with van der Waals surface area (Å²) in [6.45, 7) is 0. The molecule has 1 aliphatic carbocycles. The quantitative estimate of drug-likeness (QED) is 0.736. The van der Waals surface area contributed by atoms with E-state index in [9.17, 15) is 16.8 Å². The van der Waals surface area contributed by atoms with Crippen LogP contribution in [0.5, 0.6) is 0 Å². The number of hydrogen-bond acceptors (Lipinski definition) is 4. The van der Waals surface area contributed by atoms with Crippen LogP contribution in [0.25, 0.3) is 0 Å². The zero-order valence-electron chi connectivity index (χ0n) is 12.4. The largest absolute Gasteiger partial charge is 0.280 e. The van der Waals surface area contributed by atoms with Gasteiger partial charge in [-0.1, -0.05) is 28.1 Å². The summed E-state index contributed by atoms with van der Waals surface area (Å²) in [6, 6.07) is 12.0. The van der Waals surface area contributed by atoms with Gasteiger partial charge in [-0.15, -0.1) is 0 Å². The van der Waals surface area contributed by atoms with Crippen LogP contribution in [0.3, 0.4) is 0 Å². The van der Waals surface area contributed by atoms with Gasteiger partial charge in [-0.05, 0) is 49.2 Å². The van der Waals surface area contributed by atoms with Crippen molar-refractivity contribution in [2.45, 2.75) is 28.7 Å². The van der Waals surface area contributed by atoms with Gasteiger partial charge in [0.15, 0.2) is 0 Å². The van der Waals surface area contributed by atoms with Crippen molar-refractivity contribution in [1.29, 1.82) is 0 Å². The molecule has 0 unspecified atom stereocenters. The van der Waals surface area contributed by atoms with Crippen LogP contribution in [0.15, 0.2) is 62.8 Å². The van der Waals surface area contributed by atoms with Gasteiger partial charge in [0.05, 0.1) is 15.5 Å². The maximum Gasteiger partial charge on any atom is 0.261 e. The lowest BCUT2D eigenvalue weighted by molar-refractivity contribution is 0.581. The lowest BCUT2D eigenvalue weighted by Gasteiger charge is -2.10. The lowest BCUT2D eigenvalue weighted by Crippen LogP contribution is -2.25. The van der Waals surface area contributed by atoms with E-state index in [4.69, 9.17) is 0 Å². The second-order valence-electron chi connectivity index (χ2n) is 5.49. The normalized spacial score (nSPS) is 15.2. The van der Waals surface area contributed by atoms with Gasteiger partial charge in [0.2, 0.25) is 10.0 Å². The zero-order chi connectivity index (χ0) is 17.4. The van der Waals surface area contributed by atoms with Gasteiger partial charge in [-0.2, -0.15) is 0 Å². The number of halogens is 1. The van der Waals surface area contributed by atoms with Gasteiger partial charge >= 0.3 is 0 Å². The maximum atomic E-state index is 12.4. The summed E-state index contributed by atoms with van der Waals surface area (Å²) in [5.74, 6) is 0. The Balaban J connectivity index is 1.86. The minimum atomic E-state index is -3.80. The van der Waals surface area contributed by atoms with E-state index in [1.54, 1.807) is 12.1 Å². The van der Waals surface area contributed by atoms with Crippen LogP contribution in [0.2, 0.25) is 0 Å². The summed E-state index contributed by atoms with van der Waals surface area (Å²) >= 11 is 3.23. The summed E-state index contributed by atoms with van der Waals surface area (Å²) in [5, 5.41) is 0. The third-order valence-electron chi connectivity index (χ3n) is 3.40. The highest BCUT2D eigenvalue weighted by Gasteiger charge is 2.28. The van der Waals surface area contributed by atoms with Crippen molar-refractivity contribution in [3.05, 3.63) is 53.0 Å². The average molecular weight is 431 g/mol. The van der Waals surface area contributed by atoms with Crippen LogP contribution in [0.4, 0.5) is 5.69 Å². The van der Waals surface area contributed by atoms with Crippen LogP contribution >= 0.6 is 15.9 Å². The number of nitrogens with one attached hydrogen (secondary N) is 2.